The summed E-state index contributed by atoms with van der Waals surface area (Å²) in [6.07, 6.45) is 7.40. The van der Waals surface area contributed by atoms with Crippen LogP contribution in [0.1, 0.15) is 48.8 Å². The van der Waals surface area contributed by atoms with E-state index in [1.807, 2.05) is 24.3 Å². The number of carbonyl (C=O) groups excluding carboxylic acids is 3. The minimum absolute atomic E-state index is 0.0436. The second-order valence-corrected chi connectivity index (χ2v) is 12.9. The molecule has 0 radical (unpaired) electrons. The number of hydrogen-bond donors (Lipinski definition) is 6. The molecule has 0 aromatic heterocycles. The van der Waals surface area contributed by atoms with E-state index in [-0.39, 0.29) is 29.7 Å². The lowest BCUT2D eigenvalue weighted by atomic mass is 9.57. The van der Waals surface area contributed by atoms with Gasteiger partial charge in [0.1, 0.15) is 22.8 Å². The minimum Gasteiger partial charge on any atom is -0.508 e. The largest absolute Gasteiger partial charge is 0.508 e. The first-order valence-electron chi connectivity index (χ1n) is 15.4. The van der Waals surface area contributed by atoms with Crippen molar-refractivity contribution in [1.29, 1.82) is 0 Å². The number of primary amides is 1. The molecule has 6 rings (SSSR count). The maximum atomic E-state index is 14.0. The SMILES string of the molecule is CN(C)[C@@H]1C(=O)C(C(N)=O)=C(O)[C@@]2(O)C(=O)C3=C(O)c4c(O)ccc(-c5ccc(CNCC6=CCCCC6)cc5)c4C[C@H]3C[C@@H]12. The van der Waals surface area contributed by atoms with E-state index in [4.69, 9.17) is 5.73 Å². The zero-order valence-corrected chi connectivity index (χ0v) is 25.5. The Balaban J connectivity index is 1.36. The van der Waals surface area contributed by atoms with Crippen LogP contribution in [0.3, 0.4) is 0 Å². The number of nitrogens with two attached hydrogens (primary N) is 1. The highest BCUT2D eigenvalue weighted by Gasteiger charge is 2.64. The van der Waals surface area contributed by atoms with Crippen LogP contribution in [0.15, 0.2) is 65.0 Å². The maximum absolute atomic E-state index is 14.0. The van der Waals surface area contributed by atoms with Crippen molar-refractivity contribution in [3.05, 3.63) is 81.6 Å². The molecular weight excluding hydrogens is 574 g/mol. The molecule has 1 amide bonds. The second-order valence-electron chi connectivity index (χ2n) is 12.9. The first-order chi connectivity index (χ1) is 21.4. The fourth-order valence-electron chi connectivity index (χ4n) is 7.75. The quantitative estimate of drug-likeness (QED) is 0.202. The Morgan fingerprint density at radius 1 is 1.04 bits per heavy atom. The molecule has 2 aromatic rings. The van der Waals surface area contributed by atoms with Crippen molar-refractivity contribution in [3.63, 3.8) is 0 Å². The average molecular weight is 614 g/mol. The van der Waals surface area contributed by atoms with Crippen molar-refractivity contribution in [2.24, 2.45) is 17.6 Å². The third-order valence-electron chi connectivity index (χ3n) is 9.94. The molecule has 2 aromatic carbocycles. The van der Waals surface area contributed by atoms with E-state index >= 15 is 0 Å². The summed E-state index contributed by atoms with van der Waals surface area (Å²) in [6, 6.07) is 10.1. The second kappa shape index (κ2) is 11.6. The van der Waals surface area contributed by atoms with Crippen LogP contribution in [-0.2, 0) is 27.3 Å². The molecule has 4 aliphatic rings. The van der Waals surface area contributed by atoms with E-state index in [1.54, 1.807) is 20.2 Å². The number of fused-ring (bicyclic) bond motifs is 3. The monoisotopic (exact) mass is 613 g/mol. The van der Waals surface area contributed by atoms with Crippen molar-refractivity contribution < 1.29 is 34.8 Å². The number of phenols is 1. The van der Waals surface area contributed by atoms with Crippen LogP contribution in [0.5, 0.6) is 5.75 Å². The first kappa shape index (κ1) is 30.8. The molecule has 7 N–H and O–H groups in total. The number of aliphatic hydroxyl groups is 3. The third-order valence-corrected chi connectivity index (χ3v) is 9.94. The Kier molecular flexibility index (Phi) is 7.93. The normalized spacial score (nSPS) is 26.4. The molecule has 1 saturated carbocycles. The smallest absolute Gasteiger partial charge is 0.255 e. The molecule has 4 aliphatic carbocycles. The summed E-state index contributed by atoms with van der Waals surface area (Å²) >= 11 is 0. The molecule has 10 heteroatoms. The lowest BCUT2D eigenvalue weighted by Crippen LogP contribution is -2.65. The fraction of sp³-hybridized carbons (Fsp3) is 0.400. The molecule has 1 fully saturated rings. The van der Waals surface area contributed by atoms with Crippen molar-refractivity contribution in [1.82, 2.24) is 10.2 Å². The number of phenolic OH excluding ortho intramolecular Hbond substituents is 1. The number of nitrogens with zero attached hydrogens (tertiary/aromatic N) is 1. The van der Waals surface area contributed by atoms with E-state index in [2.05, 4.69) is 11.4 Å². The first-order valence-corrected chi connectivity index (χ1v) is 15.4. The van der Waals surface area contributed by atoms with Crippen molar-refractivity contribution in [3.8, 4) is 16.9 Å². The predicted octanol–water partition coefficient (Wildman–Crippen LogP) is 3.22. The van der Waals surface area contributed by atoms with E-state index in [0.29, 0.717) is 5.56 Å². The van der Waals surface area contributed by atoms with Gasteiger partial charge in [-0.2, -0.15) is 0 Å². The molecular formula is C35H39N3O7. The summed E-state index contributed by atoms with van der Waals surface area (Å²) in [5, 5.41) is 48.7. The summed E-state index contributed by atoms with van der Waals surface area (Å²) in [5.74, 6) is -6.63. The van der Waals surface area contributed by atoms with Crippen LogP contribution < -0.4 is 11.1 Å². The van der Waals surface area contributed by atoms with Crippen LogP contribution in [0.4, 0.5) is 0 Å². The van der Waals surface area contributed by atoms with Crippen molar-refractivity contribution in [2.45, 2.75) is 56.7 Å². The van der Waals surface area contributed by atoms with Gasteiger partial charge < -0.3 is 31.5 Å². The zero-order valence-electron chi connectivity index (χ0n) is 25.5. The molecule has 0 unspecified atom stereocenters. The number of aromatic hydroxyl groups is 1. The predicted molar refractivity (Wildman–Crippen MR) is 168 cm³/mol. The number of aliphatic hydroxyl groups excluding tert-OH is 2. The van der Waals surface area contributed by atoms with Gasteiger partial charge >= 0.3 is 0 Å². The Labute approximate surface area is 261 Å². The molecule has 0 bridgehead atoms. The molecule has 4 atom stereocenters. The van der Waals surface area contributed by atoms with Gasteiger partial charge in [-0.05, 0) is 86.9 Å². The molecule has 236 valence electrons. The highest BCUT2D eigenvalue weighted by atomic mass is 16.3. The van der Waals surface area contributed by atoms with E-state index < -0.39 is 58.0 Å². The topological polar surface area (TPSA) is 173 Å². The number of amides is 1. The number of carbonyl (C=O) groups is 3. The number of allylic oxidation sites excluding steroid dienone is 1. The third kappa shape index (κ3) is 4.97. The molecule has 0 aliphatic heterocycles. The molecule has 45 heavy (non-hydrogen) atoms. The van der Waals surface area contributed by atoms with Gasteiger partial charge in [-0.1, -0.05) is 42.0 Å². The Hall–Kier alpha value is -4.25. The van der Waals surface area contributed by atoms with Crippen molar-refractivity contribution >= 4 is 23.2 Å². The number of rotatable bonds is 7. The van der Waals surface area contributed by atoms with Crippen molar-refractivity contribution in [2.75, 3.05) is 20.6 Å². The van der Waals surface area contributed by atoms with Crippen LogP contribution in [-0.4, -0.2) is 75.1 Å². The van der Waals surface area contributed by atoms with Crippen LogP contribution >= 0.6 is 0 Å². The highest BCUT2D eigenvalue weighted by molar-refractivity contribution is 6.24. The summed E-state index contributed by atoms with van der Waals surface area (Å²) < 4.78 is 0. The lowest BCUT2D eigenvalue weighted by Gasteiger charge is -2.50. The minimum atomic E-state index is -2.66. The molecule has 10 nitrogen and oxygen atoms in total. The van der Waals surface area contributed by atoms with Gasteiger partial charge in [0.05, 0.1) is 11.6 Å². The number of likely N-dealkylation sites (N-methyl/N-ethyl adjacent to an activating group) is 1. The van der Waals surface area contributed by atoms with Gasteiger partial charge in [0.15, 0.2) is 11.4 Å². The number of nitrogens with one attached hydrogen (secondary N) is 1. The zero-order chi connectivity index (χ0) is 32.2. The average Bonchev–Trinajstić information content (AvgIpc) is 3.00. The standard InChI is InChI=1S/C35H39N3O7/c1-38(2)29-24-15-21-14-23-22(20-10-8-19(9-11-20)17-37-16-18-6-4-3-5-7-18)12-13-25(39)27(23)30(40)26(21)32(42)35(24,45)33(43)28(31(29)41)34(36)44/h6,8-13,21,24,29,37,39-40,43,45H,3-5,7,14-17H2,1-2H3,(H2,36,44)/t21-,24-,29-,35-/m0/s1. The highest BCUT2D eigenvalue weighted by Crippen LogP contribution is 2.53. The Bertz CT molecular complexity index is 1690. The summed E-state index contributed by atoms with van der Waals surface area (Å²) in [4.78, 5) is 41.0. The number of Topliss-reactive ketones (excluding diaryl/α,β-unsaturated/α-hetero) is 2. The van der Waals surface area contributed by atoms with Gasteiger partial charge in [0.2, 0.25) is 5.78 Å². The van der Waals surface area contributed by atoms with Crippen LogP contribution in [0.2, 0.25) is 0 Å². The molecule has 0 spiro atoms. The van der Waals surface area contributed by atoms with E-state index in [9.17, 15) is 34.8 Å². The van der Waals surface area contributed by atoms with Gasteiger partial charge in [-0.15, -0.1) is 0 Å². The van der Waals surface area contributed by atoms with E-state index in [1.165, 1.54) is 29.4 Å². The Morgan fingerprint density at radius 2 is 1.78 bits per heavy atom. The van der Waals surface area contributed by atoms with Crippen LogP contribution in [0, 0.1) is 11.8 Å². The maximum Gasteiger partial charge on any atom is 0.255 e. The molecule has 0 saturated heterocycles. The van der Waals surface area contributed by atoms with Gasteiger partial charge in [0, 0.05) is 24.6 Å². The number of ketones is 2. The fourth-order valence-corrected chi connectivity index (χ4v) is 7.75. The van der Waals surface area contributed by atoms with Gasteiger partial charge in [-0.3, -0.25) is 19.3 Å². The summed E-state index contributed by atoms with van der Waals surface area (Å²) in [5.41, 5.74) is 6.67. The lowest BCUT2D eigenvalue weighted by molar-refractivity contribution is -0.153. The number of hydrogen-bond acceptors (Lipinski definition) is 9. The Morgan fingerprint density at radius 3 is 2.42 bits per heavy atom. The number of benzene rings is 2. The van der Waals surface area contributed by atoms with Gasteiger partial charge in [0.25, 0.3) is 5.91 Å². The van der Waals surface area contributed by atoms with E-state index in [0.717, 1.165) is 42.6 Å². The summed E-state index contributed by atoms with van der Waals surface area (Å²) in [7, 11) is 3.16. The van der Waals surface area contributed by atoms with Crippen LogP contribution in [0.25, 0.3) is 16.9 Å². The summed E-state index contributed by atoms with van der Waals surface area (Å²) in [6.45, 7) is 1.59. The molecule has 0 heterocycles. The van der Waals surface area contributed by atoms with Gasteiger partial charge in [-0.25, -0.2) is 0 Å².